The summed E-state index contributed by atoms with van der Waals surface area (Å²) >= 11 is 0. The number of rotatable bonds is 5. The van der Waals surface area contributed by atoms with Crippen molar-refractivity contribution in [2.75, 3.05) is 20.2 Å². The minimum atomic E-state index is -0.276. The molecule has 0 fully saturated rings. The van der Waals surface area contributed by atoms with E-state index in [-0.39, 0.29) is 18.3 Å². The zero-order valence-electron chi connectivity index (χ0n) is 11.1. The van der Waals surface area contributed by atoms with Gasteiger partial charge in [-0.15, -0.1) is 0 Å². The molecule has 0 saturated heterocycles. The molecule has 1 amide bonds. The van der Waals surface area contributed by atoms with E-state index in [1.807, 2.05) is 25.1 Å². The van der Waals surface area contributed by atoms with Crippen molar-refractivity contribution in [3.8, 4) is 0 Å². The van der Waals surface area contributed by atoms with Gasteiger partial charge in [-0.2, -0.15) is 0 Å². The predicted octanol–water partition coefficient (Wildman–Crippen LogP) is 2.02. The molecule has 0 saturated carbocycles. The molecule has 18 heavy (non-hydrogen) atoms. The number of hydrogen-bond acceptors (Lipinski definition) is 3. The Kier molecular flexibility index (Phi) is 5.36. The average molecular weight is 249 g/mol. The highest BCUT2D eigenvalue weighted by molar-refractivity contribution is 5.94. The number of ether oxygens (including phenoxy) is 1. The lowest BCUT2D eigenvalue weighted by Gasteiger charge is -2.16. The van der Waals surface area contributed by atoms with Crippen LogP contribution in [0.2, 0.25) is 0 Å². The van der Waals surface area contributed by atoms with E-state index < -0.39 is 0 Å². The Morgan fingerprint density at radius 3 is 2.67 bits per heavy atom. The highest BCUT2D eigenvalue weighted by Gasteiger charge is 2.13. The second-order valence-electron chi connectivity index (χ2n) is 4.15. The smallest absolute Gasteiger partial charge is 0.307 e. The van der Waals surface area contributed by atoms with Crippen LogP contribution in [0.15, 0.2) is 24.3 Å². The number of esters is 1. The zero-order chi connectivity index (χ0) is 13.5. The summed E-state index contributed by atoms with van der Waals surface area (Å²) in [7, 11) is 1.68. The lowest BCUT2D eigenvalue weighted by molar-refractivity contribution is -0.143. The predicted molar refractivity (Wildman–Crippen MR) is 69.4 cm³/mol. The van der Waals surface area contributed by atoms with E-state index in [1.165, 1.54) is 4.90 Å². The van der Waals surface area contributed by atoms with Gasteiger partial charge in [0.25, 0.3) is 5.91 Å². The standard InChI is InChI=1S/C14H19NO3/c1-4-18-13(16)8-9-15(3)14(17)12-7-5-6-11(2)10-12/h5-7,10H,4,8-9H2,1-3H3. The van der Waals surface area contributed by atoms with Crippen LogP contribution >= 0.6 is 0 Å². The van der Waals surface area contributed by atoms with Crippen molar-refractivity contribution >= 4 is 11.9 Å². The third-order valence-electron chi connectivity index (χ3n) is 2.57. The quantitative estimate of drug-likeness (QED) is 0.750. The van der Waals surface area contributed by atoms with Crippen molar-refractivity contribution in [3.05, 3.63) is 35.4 Å². The van der Waals surface area contributed by atoms with Crippen LogP contribution in [-0.2, 0) is 9.53 Å². The fourth-order valence-corrected chi connectivity index (χ4v) is 1.59. The van der Waals surface area contributed by atoms with Gasteiger partial charge in [0.2, 0.25) is 0 Å². The van der Waals surface area contributed by atoms with Crippen LogP contribution in [0.5, 0.6) is 0 Å². The van der Waals surface area contributed by atoms with Gasteiger partial charge in [-0.25, -0.2) is 0 Å². The molecule has 0 unspecified atom stereocenters. The molecule has 0 N–H and O–H groups in total. The molecule has 0 aliphatic rings. The maximum atomic E-state index is 12.0. The minimum absolute atomic E-state index is 0.0806. The Bertz CT molecular complexity index is 429. The van der Waals surface area contributed by atoms with E-state index in [0.717, 1.165) is 5.56 Å². The number of aryl methyl sites for hydroxylation is 1. The Morgan fingerprint density at radius 1 is 1.33 bits per heavy atom. The third kappa shape index (κ3) is 4.20. The van der Waals surface area contributed by atoms with Crippen molar-refractivity contribution in [3.63, 3.8) is 0 Å². The molecule has 1 aromatic carbocycles. The van der Waals surface area contributed by atoms with Crippen LogP contribution in [0, 0.1) is 6.92 Å². The van der Waals surface area contributed by atoms with Gasteiger partial charge in [0.15, 0.2) is 0 Å². The summed E-state index contributed by atoms with van der Waals surface area (Å²) in [6.45, 7) is 4.44. The van der Waals surface area contributed by atoms with Crippen molar-refractivity contribution in [1.29, 1.82) is 0 Å². The summed E-state index contributed by atoms with van der Waals surface area (Å²) in [4.78, 5) is 24.8. The van der Waals surface area contributed by atoms with Crippen LogP contribution < -0.4 is 0 Å². The van der Waals surface area contributed by atoms with Crippen LogP contribution in [0.4, 0.5) is 0 Å². The lowest BCUT2D eigenvalue weighted by Crippen LogP contribution is -2.29. The molecule has 4 nitrogen and oxygen atoms in total. The van der Waals surface area contributed by atoms with Gasteiger partial charge in [0, 0.05) is 19.2 Å². The Labute approximate surface area is 108 Å². The molecule has 4 heteroatoms. The molecule has 0 atom stereocenters. The number of nitrogens with zero attached hydrogens (tertiary/aromatic N) is 1. The second kappa shape index (κ2) is 6.79. The highest BCUT2D eigenvalue weighted by atomic mass is 16.5. The molecule has 0 spiro atoms. The summed E-state index contributed by atoms with van der Waals surface area (Å²) in [5.74, 6) is -0.357. The number of carbonyl (C=O) groups is 2. The molecule has 0 aromatic heterocycles. The maximum Gasteiger partial charge on any atom is 0.307 e. The normalized spacial score (nSPS) is 9.94. The van der Waals surface area contributed by atoms with Crippen molar-refractivity contribution in [2.45, 2.75) is 20.3 Å². The first-order chi connectivity index (χ1) is 8.54. The van der Waals surface area contributed by atoms with E-state index in [2.05, 4.69) is 0 Å². The van der Waals surface area contributed by atoms with Gasteiger partial charge >= 0.3 is 5.97 Å². The van der Waals surface area contributed by atoms with E-state index in [9.17, 15) is 9.59 Å². The molecule has 0 bridgehead atoms. The molecule has 1 aromatic rings. The summed E-state index contributed by atoms with van der Waals surface area (Å²) < 4.78 is 4.82. The second-order valence-corrected chi connectivity index (χ2v) is 4.15. The van der Waals surface area contributed by atoms with Gasteiger partial charge in [-0.3, -0.25) is 9.59 Å². The topological polar surface area (TPSA) is 46.6 Å². The number of carbonyl (C=O) groups excluding carboxylic acids is 2. The van der Waals surface area contributed by atoms with Gasteiger partial charge in [-0.05, 0) is 26.0 Å². The summed E-state index contributed by atoms with van der Waals surface area (Å²) in [5.41, 5.74) is 1.68. The fourth-order valence-electron chi connectivity index (χ4n) is 1.59. The largest absolute Gasteiger partial charge is 0.466 e. The zero-order valence-corrected chi connectivity index (χ0v) is 11.1. The molecule has 1 rings (SSSR count). The Morgan fingerprint density at radius 2 is 2.06 bits per heavy atom. The molecule has 0 aliphatic carbocycles. The van der Waals surface area contributed by atoms with Gasteiger partial charge < -0.3 is 9.64 Å². The van der Waals surface area contributed by atoms with Gasteiger partial charge in [0.05, 0.1) is 13.0 Å². The molecule has 98 valence electrons. The van der Waals surface area contributed by atoms with Crippen LogP contribution in [0.1, 0.15) is 29.3 Å². The molecular weight excluding hydrogens is 230 g/mol. The molecule has 0 aliphatic heterocycles. The van der Waals surface area contributed by atoms with Crippen molar-refractivity contribution < 1.29 is 14.3 Å². The van der Waals surface area contributed by atoms with Gasteiger partial charge in [0.1, 0.15) is 0 Å². The van der Waals surface area contributed by atoms with E-state index >= 15 is 0 Å². The fraction of sp³-hybridized carbons (Fsp3) is 0.429. The minimum Gasteiger partial charge on any atom is -0.466 e. The maximum absolute atomic E-state index is 12.0. The first kappa shape index (κ1) is 14.2. The van der Waals surface area contributed by atoms with Crippen LogP contribution in [0.3, 0.4) is 0 Å². The SMILES string of the molecule is CCOC(=O)CCN(C)C(=O)c1cccc(C)c1. The van der Waals surface area contributed by atoms with Gasteiger partial charge in [-0.1, -0.05) is 17.7 Å². The summed E-state index contributed by atoms with van der Waals surface area (Å²) in [6.07, 6.45) is 0.224. The van der Waals surface area contributed by atoms with Crippen LogP contribution in [0.25, 0.3) is 0 Å². The number of amides is 1. The van der Waals surface area contributed by atoms with E-state index in [0.29, 0.717) is 18.7 Å². The van der Waals surface area contributed by atoms with Crippen molar-refractivity contribution in [2.24, 2.45) is 0 Å². The molecular formula is C14H19NO3. The molecule has 0 heterocycles. The monoisotopic (exact) mass is 249 g/mol. The van der Waals surface area contributed by atoms with Crippen molar-refractivity contribution in [1.82, 2.24) is 4.90 Å². The Hall–Kier alpha value is -1.84. The number of hydrogen-bond donors (Lipinski definition) is 0. The average Bonchev–Trinajstić information content (AvgIpc) is 2.35. The highest BCUT2D eigenvalue weighted by Crippen LogP contribution is 2.07. The summed E-state index contributed by atoms with van der Waals surface area (Å²) in [5, 5.41) is 0. The van der Waals surface area contributed by atoms with E-state index in [1.54, 1.807) is 20.0 Å². The molecule has 0 radical (unpaired) electrons. The first-order valence-electron chi connectivity index (χ1n) is 6.02. The first-order valence-corrected chi connectivity index (χ1v) is 6.02. The van der Waals surface area contributed by atoms with Crippen LogP contribution in [-0.4, -0.2) is 37.0 Å². The summed E-state index contributed by atoms with van der Waals surface area (Å²) in [6, 6.07) is 7.40. The lowest BCUT2D eigenvalue weighted by atomic mass is 10.1. The van der Waals surface area contributed by atoms with E-state index in [4.69, 9.17) is 4.74 Å². The Balaban J connectivity index is 2.54. The number of benzene rings is 1. The third-order valence-corrected chi connectivity index (χ3v) is 2.57.